The van der Waals surface area contributed by atoms with Gasteiger partial charge in [-0.25, -0.2) is 9.07 Å². The molecule has 24 heavy (non-hydrogen) atoms. The maximum absolute atomic E-state index is 14.4. The highest BCUT2D eigenvalue weighted by molar-refractivity contribution is 5.94. The summed E-state index contributed by atoms with van der Waals surface area (Å²) in [5.74, 6) is -2.12. The molecule has 0 radical (unpaired) electrons. The van der Waals surface area contributed by atoms with Crippen molar-refractivity contribution in [2.75, 3.05) is 6.54 Å². The molecule has 0 bridgehead atoms. The zero-order chi connectivity index (χ0) is 18.1. The van der Waals surface area contributed by atoms with Gasteiger partial charge in [-0.1, -0.05) is 0 Å². The first-order valence-electron chi connectivity index (χ1n) is 7.46. The molecule has 7 heteroatoms. The van der Waals surface area contributed by atoms with Crippen molar-refractivity contribution < 1.29 is 19.1 Å². The highest BCUT2D eigenvalue weighted by Gasteiger charge is 2.27. The molecule has 128 valence electrons. The van der Waals surface area contributed by atoms with E-state index < -0.39 is 23.1 Å². The number of carbonyl (C=O) groups excluding carboxylic acids is 1. The van der Waals surface area contributed by atoms with E-state index in [1.54, 1.807) is 0 Å². The van der Waals surface area contributed by atoms with E-state index in [1.165, 1.54) is 30.7 Å². The van der Waals surface area contributed by atoms with Gasteiger partial charge >= 0.3 is 5.97 Å². The molecule has 2 N–H and O–H groups in total. The summed E-state index contributed by atoms with van der Waals surface area (Å²) >= 11 is 0. The molecule has 1 amide bonds. The van der Waals surface area contributed by atoms with Gasteiger partial charge in [-0.3, -0.25) is 9.59 Å². The lowest BCUT2D eigenvalue weighted by Gasteiger charge is -2.19. The summed E-state index contributed by atoms with van der Waals surface area (Å²) in [7, 11) is 0. The highest BCUT2D eigenvalue weighted by atomic mass is 19.1. The van der Waals surface area contributed by atoms with E-state index in [4.69, 9.17) is 5.11 Å². The van der Waals surface area contributed by atoms with E-state index in [0.29, 0.717) is 0 Å². The summed E-state index contributed by atoms with van der Waals surface area (Å²) in [5, 5.41) is 15.8. The number of amides is 1. The number of nitrogens with one attached hydrogen (secondary N) is 1. The number of halogens is 1. The fourth-order valence-electron chi connectivity index (χ4n) is 2.17. The number of rotatable bonds is 5. The molecule has 2 aromatic rings. The first kappa shape index (κ1) is 17.7. The summed E-state index contributed by atoms with van der Waals surface area (Å²) in [6, 6.07) is 5.91. The largest absolute Gasteiger partial charge is 0.481 e. The van der Waals surface area contributed by atoms with Gasteiger partial charge in [0.15, 0.2) is 0 Å². The summed E-state index contributed by atoms with van der Waals surface area (Å²) < 4.78 is 15.8. The van der Waals surface area contributed by atoms with E-state index in [1.807, 2.05) is 19.9 Å². The van der Waals surface area contributed by atoms with Gasteiger partial charge in [0, 0.05) is 17.8 Å². The quantitative estimate of drug-likeness (QED) is 0.880. The summed E-state index contributed by atoms with van der Waals surface area (Å²) in [5.41, 5.74) is 0.830. The smallest absolute Gasteiger partial charge is 0.310 e. The van der Waals surface area contributed by atoms with Gasteiger partial charge in [0.25, 0.3) is 5.91 Å². The molecule has 0 atom stereocenters. The Kier molecular flexibility index (Phi) is 4.73. The van der Waals surface area contributed by atoms with Crippen LogP contribution in [0.15, 0.2) is 24.3 Å². The fourth-order valence-corrected chi connectivity index (χ4v) is 2.17. The Morgan fingerprint density at radius 3 is 2.46 bits per heavy atom. The number of aryl methyl sites for hydroxylation is 2. The minimum absolute atomic E-state index is 0.0536. The van der Waals surface area contributed by atoms with Gasteiger partial charge in [-0.15, -0.1) is 0 Å². The van der Waals surface area contributed by atoms with Crippen LogP contribution in [-0.2, 0) is 4.79 Å². The number of hydrogen-bond donors (Lipinski definition) is 2. The molecule has 1 aromatic heterocycles. The van der Waals surface area contributed by atoms with Gasteiger partial charge in [-0.2, -0.15) is 5.10 Å². The number of carboxylic acid groups (broad SMARTS) is 1. The first-order valence-corrected chi connectivity index (χ1v) is 7.46. The zero-order valence-corrected chi connectivity index (χ0v) is 14.1. The monoisotopic (exact) mass is 333 g/mol. The molecular weight excluding hydrogens is 313 g/mol. The Labute approximate surface area is 139 Å². The molecular formula is C17H20FN3O3. The average molecular weight is 333 g/mol. The third kappa shape index (κ3) is 3.61. The maximum Gasteiger partial charge on any atom is 0.310 e. The number of nitrogens with zero attached hydrogens (tertiary/aromatic N) is 2. The topological polar surface area (TPSA) is 84.2 Å². The van der Waals surface area contributed by atoms with Gasteiger partial charge in [-0.05, 0) is 52.0 Å². The van der Waals surface area contributed by atoms with Crippen molar-refractivity contribution in [2.45, 2.75) is 27.7 Å². The van der Waals surface area contributed by atoms with Crippen LogP contribution in [-0.4, -0.2) is 33.3 Å². The highest BCUT2D eigenvalue weighted by Crippen LogP contribution is 2.18. The molecule has 0 unspecified atom stereocenters. The molecule has 0 saturated heterocycles. The summed E-state index contributed by atoms with van der Waals surface area (Å²) in [6.45, 7) is 6.58. The number of carbonyl (C=O) groups is 2. The molecule has 0 spiro atoms. The predicted octanol–water partition coefficient (Wildman–Crippen LogP) is 2.47. The van der Waals surface area contributed by atoms with E-state index >= 15 is 0 Å². The molecule has 0 aliphatic heterocycles. The minimum Gasteiger partial charge on any atom is -0.481 e. The molecule has 0 aliphatic carbocycles. The lowest BCUT2D eigenvalue weighted by molar-refractivity contribution is -0.146. The second kappa shape index (κ2) is 6.43. The number of benzene rings is 1. The standard InChI is InChI=1S/C17H20FN3O3/c1-10-7-11(2)21(20-10)14-6-5-12(8-13(14)18)15(22)19-9-17(3,4)16(23)24/h5-8H,9H2,1-4H3,(H,19,22)(H,23,24). The predicted molar refractivity (Wildman–Crippen MR) is 86.7 cm³/mol. The summed E-state index contributed by atoms with van der Waals surface area (Å²) in [6.07, 6.45) is 0. The van der Waals surface area contributed by atoms with Crippen molar-refractivity contribution >= 4 is 11.9 Å². The van der Waals surface area contributed by atoms with Gasteiger partial charge < -0.3 is 10.4 Å². The van der Waals surface area contributed by atoms with Crippen LogP contribution in [0.2, 0.25) is 0 Å². The van der Waals surface area contributed by atoms with E-state index in [-0.39, 0.29) is 17.8 Å². The van der Waals surface area contributed by atoms with Crippen molar-refractivity contribution in [2.24, 2.45) is 5.41 Å². The second-order valence-electron chi connectivity index (χ2n) is 6.38. The SMILES string of the molecule is Cc1cc(C)n(-c2ccc(C(=O)NCC(C)(C)C(=O)O)cc2F)n1. The number of aliphatic carboxylic acids is 1. The first-order chi connectivity index (χ1) is 11.1. The lowest BCUT2D eigenvalue weighted by Crippen LogP contribution is -2.38. The Balaban J connectivity index is 2.19. The minimum atomic E-state index is -1.10. The molecule has 6 nitrogen and oxygen atoms in total. The van der Waals surface area contributed by atoms with Crippen molar-refractivity contribution in [1.29, 1.82) is 0 Å². The number of carboxylic acids is 1. The van der Waals surface area contributed by atoms with Crippen LogP contribution in [0.4, 0.5) is 4.39 Å². The van der Waals surface area contributed by atoms with Crippen LogP contribution in [0.3, 0.4) is 0 Å². The van der Waals surface area contributed by atoms with E-state index in [2.05, 4.69) is 10.4 Å². The van der Waals surface area contributed by atoms with Crippen LogP contribution in [0, 0.1) is 25.1 Å². The zero-order valence-electron chi connectivity index (χ0n) is 14.1. The Hall–Kier alpha value is -2.70. The molecule has 0 fully saturated rings. The van der Waals surface area contributed by atoms with Crippen molar-refractivity contribution in [1.82, 2.24) is 15.1 Å². The van der Waals surface area contributed by atoms with Gasteiger partial charge in [0.05, 0.1) is 11.1 Å². The Morgan fingerprint density at radius 2 is 1.96 bits per heavy atom. The van der Waals surface area contributed by atoms with E-state index in [9.17, 15) is 14.0 Å². The van der Waals surface area contributed by atoms with Crippen molar-refractivity contribution in [3.05, 3.63) is 47.0 Å². The molecule has 1 heterocycles. The summed E-state index contributed by atoms with van der Waals surface area (Å²) in [4.78, 5) is 23.1. The fraction of sp³-hybridized carbons (Fsp3) is 0.353. The molecule has 1 aromatic carbocycles. The van der Waals surface area contributed by atoms with Crippen LogP contribution < -0.4 is 5.32 Å². The normalized spacial score (nSPS) is 11.4. The van der Waals surface area contributed by atoms with Gasteiger partial charge in [0.2, 0.25) is 0 Å². The van der Waals surface area contributed by atoms with E-state index in [0.717, 1.165) is 17.5 Å². The van der Waals surface area contributed by atoms with Crippen LogP contribution >= 0.6 is 0 Å². The second-order valence-corrected chi connectivity index (χ2v) is 6.38. The third-order valence-electron chi connectivity index (χ3n) is 3.72. The molecule has 0 aliphatic rings. The van der Waals surface area contributed by atoms with Crippen LogP contribution in [0.5, 0.6) is 0 Å². The lowest BCUT2D eigenvalue weighted by atomic mass is 9.94. The van der Waals surface area contributed by atoms with Crippen LogP contribution in [0.1, 0.15) is 35.6 Å². The Morgan fingerprint density at radius 1 is 1.29 bits per heavy atom. The van der Waals surface area contributed by atoms with Crippen molar-refractivity contribution in [3.8, 4) is 5.69 Å². The Bertz CT molecular complexity index is 796. The molecule has 2 rings (SSSR count). The number of aromatic nitrogens is 2. The van der Waals surface area contributed by atoms with Gasteiger partial charge in [0.1, 0.15) is 11.5 Å². The number of hydrogen-bond acceptors (Lipinski definition) is 3. The van der Waals surface area contributed by atoms with Crippen molar-refractivity contribution in [3.63, 3.8) is 0 Å². The maximum atomic E-state index is 14.4. The third-order valence-corrected chi connectivity index (χ3v) is 3.72. The average Bonchev–Trinajstić information content (AvgIpc) is 2.83. The molecule has 0 saturated carbocycles. The van der Waals surface area contributed by atoms with Crippen LogP contribution in [0.25, 0.3) is 5.69 Å².